The van der Waals surface area contributed by atoms with Gasteiger partial charge in [-0.05, 0) is 18.7 Å². The maximum Gasteiger partial charge on any atom is 0.175 e. The Balaban J connectivity index is 2.39. The Hall–Kier alpha value is -1.94. The minimum absolute atomic E-state index is 0.559. The summed E-state index contributed by atoms with van der Waals surface area (Å²) in [4.78, 5) is 8.47. The van der Waals surface area contributed by atoms with Crippen molar-refractivity contribution in [1.82, 2.24) is 9.97 Å². The molecule has 0 aliphatic rings. The van der Waals surface area contributed by atoms with Gasteiger partial charge in [-0.3, -0.25) is 0 Å². The van der Waals surface area contributed by atoms with Crippen molar-refractivity contribution in [2.45, 2.75) is 6.42 Å². The molecule has 2 heterocycles. The molecule has 0 atom stereocenters. The molecule has 1 aromatic carbocycles. The fourth-order valence-corrected chi connectivity index (χ4v) is 1.89. The lowest BCUT2D eigenvalue weighted by Gasteiger charge is -1.96. The molecule has 4 heteroatoms. The van der Waals surface area contributed by atoms with Crippen LogP contribution < -0.4 is 5.73 Å². The number of nitrogens with two attached hydrogens (primary N) is 1. The van der Waals surface area contributed by atoms with Gasteiger partial charge in [0.15, 0.2) is 5.58 Å². The van der Waals surface area contributed by atoms with Crippen LogP contribution in [0.25, 0.3) is 22.1 Å². The Morgan fingerprint density at radius 2 is 2.06 bits per heavy atom. The number of hydrogen-bond acceptors (Lipinski definition) is 4. The fraction of sp³-hybridized carbons (Fsp3) is 0.167. The van der Waals surface area contributed by atoms with Crippen molar-refractivity contribution in [2.24, 2.45) is 5.73 Å². The van der Waals surface area contributed by atoms with Crippen molar-refractivity contribution in [1.29, 1.82) is 0 Å². The van der Waals surface area contributed by atoms with Crippen LogP contribution in [0.15, 0.2) is 35.0 Å². The average molecular weight is 213 g/mol. The van der Waals surface area contributed by atoms with Crippen LogP contribution in [-0.4, -0.2) is 16.5 Å². The van der Waals surface area contributed by atoms with Gasteiger partial charge >= 0.3 is 0 Å². The van der Waals surface area contributed by atoms with Gasteiger partial charge in [0.05, 0.1) is 5.69 Å². The Morgan fingerprint density at radius 3 is 2.94 bits per heavy atom. The lowest BCUT2D eigenvalue weighted by molar-refractivity contribution is 0.656. The summed E-state index contributed by atoms with van der Waals surface area (Å²) in [6, 6.07) is 7.85. The van der Waals surface area contributed by atoms with Crippen molar-refractivity contribution in [3.63, 3.8) is 0 Å². The van der Waals surface area contributed by atoms with Crippen LogP contribution in [0.5, 0.6) is 0 Å². The minimum Gasteiger partial charge on any atom is -0.452 e. The summed E-state index contributed by atoms with van der Waals surface area (Å²) in [6.45, 7) is 0.559. The largest absolute Gasteiger partial charge is 0.452 e. The van der Waals surface area contributed by atoms with Gasteiger partial charge in [0, 0.05) is 11.8 Å². The summed E-state index contributed by atoms with van der Waals surface area (Å²) in [6.07, 6.45) is 2.27. The number of aromatic nitrogens is 2. The number of fused-ring (bicyclic) bond motifs is 3. The highest BCUT2D eigenvalue weighted by Gasteiger charge is 2.11. The third-order valence-corrected chi connectivity index (χ3v) is 2.61. The van der Waals surface area contributed by atoms with Gasteiger partial charge in [-0.2, -0.15) is 0 Å². The van der Waals surface area contributed by atoms with Gasteiger partial charge in [-0.1, -0.05) is 12.1 Å². The summed E-state index contributed by atoms with van der Waals surface area (Å²) in [5.41, 5.74) is 8.89. The summed E-state index contributed by atoms with van der Waals surface area (Å²) in [5.74, 6) is 0. The van der Waals surface area contributed by atoms with Crippen molar-refractivity contribution < 1.29 is 4.42 Å². The Morgan fingerprint density at radius 1 is 1.19 bits per heavy atom. The summed E-state index contributed by atoms with van der Waals surface area (Å²) >= 11 is 0. The van der Waals surface area contributed by atoms with Gasteiger partial charge < -0.3 is 10.2 Å². The Labute approximate surface area is 92.1 Å². The van der Waals surface area contributed by atoms with Crippen molar-refractivity contribution in [2.75, 3.05) is 6.54 Å². The standard InChI is InChI=1S/C12H11N3O/c13-6-5-9-12-11(15-7-14-9)8-3-1-2-4-10(8)16-12/h1-4,7H,5-6,13H2. The van der Waals surface area contributed by atoms with Gasteiger partial charge in [-0.15, -0.1) is 0 Å². The number of para-hydroxylation sites is 1. The lowest BCUT2D eigenvalue weighted by atomic mass is 10.2. The Kier molecular flexibility index (Phi) is 2.08. The van der Waals surface area contributed by atoms with Crippen molar-refractivity contribution >= 4 is 22.1 Å². The maximum atomic E-state index is 5.76. The molecule has 0 fully saturated rings. The van der Waals surface area contributed by atoms with E-state index in [1.165, 1.54) is 0 Å². The van der Waals surface area contributed by atoms with Crippen LogP contribution in [0.4, 0.5) is 0 Å². The molecule has 0 aliphatic carbocycles. The molecule has 0 aliphatic heterocycles. The van der Waals surface area contributed by atoms with Crippen LogP contribution in [0.3, 0.4) is 0 Å². The van der Waals surface area contributed by atoms with E-state index in [4.69, 9.17) is 10.2 Å². The first kappa shape index (κ1) is 9.30. The molecule has 16 heavy (non-hydrogen) atoms. The zero-order valence-electron chi connectivity index (χ0n) is 8.68. The second-order valence-electron chi connectivity index (χ2n) is 3.63. The maximum absolute atomic E-state index is 5.76. The number of furan rings is 1. The highest BCUT2D eigenvalue weighted by molar-refractivity contribution is 6.02. The van der Waals surface area contributed by atoms with Crippen molar-refractivity contribution in [3.8, 4) is 0 Å². The van der Waals surface area contributed by atoms with Gasteiger partial charge in [0.2, 0.25) is 0 Å². The fourth-order valence-electron chi connectivity index (χ4n) is 1.89. The van der Waals surface area contributed by atoms with Crippen LogP contribution in [0.2, 0.25) is 0 Å². The second kappa shape index (κ2) is 3.57. The van der Waals surface area contributed by atoms with E-state index in [1.54, 1.807) is 6.33 Å². The molecule has 2 N–H and O–H groups in total. The van der Waals surface area contributed by atoms with Crippen LogP contribution in [0, 0.1) is 0 Å². The molecule has 0 saturated heterocycles. The van der Waals surface area contributed by atoms with E-state index in [-0.39, 0.29) is 0 Å². The summed E-state index contributed by atoms with van der Waals surface area (Å²) < 4.78 is 5.76. The third kappa shape index (κ3) is 1.27. The van der Waals surface area contributed by atoms with E-state index < -0.39 is 0 Å². The number of rotatable bonds is 2. The highest BCUT2D eigenvalue weighted by atomic mass is 16.3. The summed E-state index contributed by atoms with van der Waals surface area (Å²) in [7, 11) is 0. The first-order chi connectivity index (χ1) is 7.90. The summed E-state index contributed by atoms with van der Waals surface area (Å²) in [5, 5.41) is 1.03. The quantitative estimate of drug-likeness (QED) is 0.705. The van der Waals surface area contributed by atoms with Crippen molar-refractivity contribution in [3.05, 3.63) is 36.3 Å². The molecule has 0 unspecified atom stereocenters. The predicted octanol–water partition coefficient (Wildman–Crippen LogP) is 1.88. The number of benzene rings is 1. The van der Waals surface area contributed by atoms with Gasteiger partial charge in [0.25, 0.3) is 0 Å². The molecule has 4 nitrogen and oxygen atoms in total. The molecular formula is C12H11N3O. The smallest absolute Gasteiger partial charge is 0.175 e. The van der Waals surface area contributed by atoms with E-state index in [9.17, 15) is 0 Å². The van der Waals surface area contributed by atoms with E-state index in [0.29, 0.717) is 13.0 Å². The molecule has 2 aromatic heterocycles. The van der Waals surface area contributed by atoms with Gasteiger partial charge in [0.1, 0.15) is 17.4 Å². The zero-order chi connectivity index (χ0) is 11.0. The van der Waals surface area contributed by atoms with E-state index in [2.05, 4.69) is 9.97 Å². The lowest BCUT2D eigenvalue weighted by Crippen LogP contribution is -2.04. The van der Waals surface area contributed by atoms with Crippen LogP contribution >= 0.6 is 0 Å². The highest BCUT2D eigenvalue weighted by Crippen LogP contribution is 2.27. The molecule has 3 rings (SSSR count). The first-order valence-corrected chi connectivity index (χ1v) is 5.21. The SMILES string of the molecule is NCCc1ncnc2c1oc1ccccc12. The minimum atomic E-state index is 0.559. The van der Waals surface area contributed by atoms with Crippen LogP contribution in [-0.2, 0) is 6.42 Å². The van der Waals surface area contributed by atoms with E-state index in [0.717, 1.165) is 27.8 Å². The molecule has 80 valence electrons. The zero-order valence-corrected chi connectivity index (χ0v) is 8.68. The number of hydrogen-bond donors (Lipinski definition) is 1. The molecule has 0 saturated carbocycles. The van der Waals surface area contributed by atoms with Crippen LogP contribution in [0.1, 0.15) is 5.69 Å². The Bertz CT molecular complexity index is 645. The average Bonchev–Trinajstić information content (AvgIpc) is 2.69. The first-order valence-electron chi connectivity index (χ1n) is 5.21. The molecule has 3 aromatic rings. The van der Waals surface area contributed by atoms with Gasteiger partial charge in [-0.25, -0.2) is 9.97 Å². The monoisotopic (exact) mass is 213 g/mol. The molecule has 0 amide bonds. The number of nitrogens with zero attached hydrogens (tertiary/aromatic N) is 2. The molecule has 0 bridgehead atoms. The van der Waals surface area contributed by atoms with E-state index >= 15 is 0 Å². The predicted molar refractivity (Wildman–Crippen MR) is 62.1 cm³/mol. The topological polar surface area (TPSA) is 64.9 Å². The van der Waals surface area contributed by atoms with E-state index in [1.807, 2.05) is 24.3 Å². The normalized spacial score (nSPS) is 11.3. The molecule has 0 radical (unpaired) electrons. The second-order valence-corrected chi connectivity index (χ2v) is 3.63. The third-order valence-electron chi connectivity index (χ3n) is 2.61. The molecular weight excluding hydrogens is 202 g/mol. The molecule has 0 spiro atoms.